The molecule has 0 spiro atoms. The Bertz CT molecular complexity index is 991. The minimum absolute atomic E-state index is 0.0587. The maximum atomic E-state index is 13.2. The molecule has 27 heavy (non-hydrogen) atoms. The number of benzene rings is 2. The molecule has 0 radical (unpaired) electrons. The second kappa shape index (κ2) is 7.19. The quantitative estimate of drug-likeness (QED) is 0.450. The van der Waals surface area contributed by atoms with E-state index in [0.29, 0.717) is 9.23 Å². The van der Waals surface area contributed by atoms with Crippen molar-refractivity contribution in [1.82, 2.24) is 0 Å². The number of anilines is 2. The second-order valence-corrected chi connectivity index (χ2v) is 9.03. The third-order valence-electron chi connectivity index (χ3n) is 4.44. The summed E-state index contributed by atoms with van der Waals surface area (Å²) >= 11 is 8.49. The molecule has 0 aliphatic carbocycles. The Hall–Kier alpha value is -2.02. The number of hydrogen-bond acceptors (Lipinski definition) is 5. The van der Waals surface area contributed by atoms with Gasteiger partial charge >= 0.3 is 0 Å². The van der Waals surface area contributed by atoms with Crippen LogP contribution >= 0.6 is 35.7 Å². The van der Waals surface area contributed by atoms with Crippen molar-refractivity contribution < 1.29 is 4.79 Å². The first-order chi connectivity index (χ1) is 13.0. The van der Waals surface area contributed by atoms with E-state index in [1.54, 1.807) is 16.7 Å². The summed E-state index contributed by atoms with van der Waals surface area (Å²) in [5.41, 5.74) is 5.32. The van der Waals surface area contributed by atoms with E-state index < -0.39 is 0 Å². The molecule has 0 unspecified atom stereocenters. The Morgan fingerprint density at radius 1 is 0.815 bits per heavy atom. The van der Waals surface area contributed by atoms with Gasteiger partial charge < -0.3 is 4.90 Å². The highest BCUT2D eigenvalue weighted by Crippen LogP contribution is 2.46. The molecule has 1 amide bonds. The van der Waals surface area contributed by atoms with Gasteiger partial charge in [-0.25, -0.2) is 0 Å². The fourth-order valence-corrected chi connectivity index (χ4v) is 5.44. The predicted octanol–water partition coefficient (Wildman–Crippen LogP) is 5.95. The fourth-order valence-electron chi connectivity index (χ4n) is 2.99. The molecule has 1 saturated heterocycles. The van der Waals surface area contributed by atoms with E-state index in [1.807, 2.05) is 31.2 Å². The molecule has 3 nitrogen and oxygen atoms in total. The van der Waals surface area contributed by atoms with Gasteiger partial charge in [0.05, 0.1) is 5.69 Å². The second-order valence-electron chi connectivity index (χ2n) is 6.53. The van der Waals surface area contributed by atoms with Crippen LogP contribution in [0.1, 0.15) is 18.1 Å². The molecule has 2 aliphatic rings. The largest absolute Gasteiger partial charge is 0.307 e. The van der Waals surface area contributed by atoms with Gasteiger partial charge in [-0.05, 0) is 50.4 Å². The van der Waals surface area contributed by atoms with Crippen LogP contribution in [-0.4, -0.2) is 10.2 Å². The van der Waals surface area contributed by atoms with Crippen molar-refractivity contribution in [3.63, 3.8) is 0 Å². The SMILES string of the molecule is CC1=CS/C(=C2/SC(=S)N(c3ccc(C)cc3)C2=O)N1c1ccc(C)cc1. The minimum atomic E-state index is -0.0587. The van der Waals surface area contributed by atoms with Gasteiger partial charge in [0.2, 0.25) is 0 Å². The van der Waals surface area contributed by atoms with Crippen LogP contribution in [0.2, 0.25) is 0 Å². The van der Waals surface area contributed by atoms with E-state index in [9.17, 15) is 4.79 Å². The lowest BCUT2D eigenvalue weighted by Crippen LogP contribution is -2.28. The maximum absolute atomic E-state index is 13.2. The average Bonchev–Trinajstić information content (AvgIpc) is 3.16. The van der Waals surface area contributed by atoms with Crippen molar-refractivity contribution in [3.8, 4) is 0 Å². The van der Waals surface area contributed by atoms with Crippen LogP contribution in [0.5, 0.6) is 0 Å². The Morgan fingerprint density at radius 3 is 1.89 bits per heavy atom. The number of nitrogens with zero attached hydrogens (tertiary/aromatic N) is 2. The van der Waals surface area contributed by atoms with Gasteiger partial charge in [0.1, 0.15) is 9.93 Å². The Labute approximate surface area is 173 Å². The van der Waals surface area contributed by atoms with Crippen LogP contribution in [0, 0.1) is 13.8 Å². The third kappa shape index (κ3) is 3.33. The zero-order chi connectivity index (χ0) is 19.1. The lowest BCUT2D eigenvalue weighted by atomic mass is 10.2. The highest BCUT2D eigenvalue weighted by molar-refractivity contribution is 8.27. The van der Waals surface area contributed by atoms with Crippen molar-refractivity contribution in [3.05, 3.63) is 80.7 Å². The normalized spacial score (nSPS) is 19.9. The number of amides is 1. The summed E-state index contributed by atoms with van der Waals surface area (Å²) in [5.74, 6) is -0.0587. The first-order valence-corrected chi connectivity index (χ1v) is 10.6. The van der Waals surface area contributed by atoms with Crippen LogP contribution in [-0.2, 0) is 4.79 Å². The highest BCUT2D eigenvalue weighted by Gasteiger charge is 2.38. The van der Waals surface area contributed by atoms with E-state index in [1.165, 1.54) is 17.3 Å². The van der Waals surface area contributed by atoms with E-state index in [0.717, 1.165) is 27.7 Å². The molecule has 136 valence electrons. The molecule has 2 aromatic carbocycles. The molecular formula is C21H18N2OS3. The molecule has 0 saturated carbocycles. The van der Waals surface area contributed by atoms with Crippen molar-refractivity contribution in [1.29, 1.82) is 0 Å². The number of hydrogen-bond donors (Lipinski definition) is 0. The van der Waals surface area contributed by atoms with E-state index in [-0.39, 0.29) is 5.91 Å². The summed E-state index contributed by atoms with van der Waals surface area (Å²) in [6.07, 6.45) is 0. The van der Waals surface area contributed by atoms with Gasteiger partial charge in [-0.15, -0.1) is 0 Å². The van der Waals surface area contributed by atoms with Crippen molar-refractivity contribution in [2.45, 2.75) is 20.8 Å². The number of thiocarbonyl (C=S) groups is 1. The van der Waals surface area contributed by atoms with Gasteiger partial charge in [-0.3, -0.25) is 9.69 Å². The van der Waals surface area contributed by atoms with Gasteiger partial charge in [0.25, 0.3) is 5.91 Å². The molecule has 0 N–H and O–H groups in total. The van der Waals surface area contributed by atoms with E-state index >= 15 is 0 Å². The number of carbonyl (C=O) groups is 1. The first kappa shape index (κ1) is 18.3. The Balaban J connectivity index is 1.74. The Kier molecular flexibility index (Phi) is 4.88. The average molecular weight is 411 g/mol. The molecule has 1 fully saturated rings. The van der Waals surface area contributed by atoms with Crippen LogP contribution in [0.4, 0.5) is 11.4 Å². The van der Waals surface area contributed by atoms with Crippen molar-refractivity contribution in [2.75, 3.05) is 9.80 Å². The summed E-state index contributed by atoms with van der Waals surface area (Å²) in [6, 6.07) is 16.2. The maximum Gasteiger partial charge on any atom is 0.273 e. The number of rotatable bonds is 2. The van der Waals surface area contributed by atoms with Gasteiger partial charge in [0.15, 0.2) is 4.32 Å². The molecule has 4 rings (SSSR count). The van der Waals surface area contributed by atoms with Gasteiger partial charge in [-0.1, -0.05) is 71.1 Å². The van der Waals surface area contributed by atoms with E-state index in [2.05, 4.69) is 48.4 Å². The number of aryl methyl sites for hydroxylation is 2. The van der Waals surface area contributed by atoms with Crippen molar-refractivity contribution >= 4 is 57.3 Å². The third-order valence-corrected chi connectivity index (χ3v) is 7.00. The number of allylic oxidation sites excluding steroid dienone is 1. The predicted molar refractivity (Wildman–Crippen MR) is 121 cm³/mol. The minimum Gasteiger partial charge on any atom is -0.307 e. The smallest absolute Gasteiger partial charge is 0.273 e. The van der Waals surface area contributed by atoms with Crippen LogP contribution in [0.3, 0.4) is 0 Å². The fraction of sp³-hybridized carbons (Fsp3) is 0.143. The lowest BCUT2D eigenvalue weighted by molar-refractivity contribution is -0.113. The van der Waals surface area contributed by atoms with Gasteiger partial charge in [0, 0.05) is 11.4 Å². The van der Waals surface area contributed by atoms with Crippen LogP contribution < -0.4 is 9.80 Å². The zero-order valence-corrected chi connectivity index (χ0v) is 17.7. The molecule has 2 aromatic rings. The monoisotopic (exact) mass is 410 g/mol. The van der Waals surface area contributed by atoms with Gasteiger partial charge in [-0.2, -0.15) is 0 Å². The van der Waals surface area contributed by atoms with E-state index in [4.69, 9.17) is 12.2 Å². The zero-order valence-electron chi connectivity index (χ0n) is 15.2. The number of carbonyl (C=O) groups excluding carboxylic acids is 1. The molecule has 0 aromatic heterocycles. The molecule has 2 heterocycles. The summed E-state index contributed by atoms with van der Waals surface area (Å²) in [4.78, 5) is 17.7. The van der Waals surface area contributed by atoms with Crippen LogP contribution in [0.15, 0.2) is 69.6 Å². The summed E-state index contributed by atoms with van der Waals surface area (Å²) in [5, 5.41) is 3.00. The molecule has 0 atom stereocenters. The molecular weight excluding hydrogens is 392 g/mol. The molecule has 6 heteroatoms. The lowest BCUT2D eigenvalue weighted by Gasteiger charge is -2.23. The molecule has 2 aliphatic heterocycles. The standard InChI is InChI=1S/C21H18N2OS3/c1-13-4-8-16(9-5-13)22-15(3)12-26-20(22)18-19(24)23(21(25)27-18)17-10-6-14(2)7-11-17/h4-12H,1-3H3/b20-18+. The summed E-state index contributed by atoms with van der Waals surface area (Å²) in [7, 11) is 0. The topological polar surface area (TPSA) is 23.6 Å². The summed E-state index contributed by atoms with van der Waals surface area (Å²) in [6.45, 7) is 6.15. The van der Waals surface area contributed by atoms with Crippen molar-refractivity contribution in [2.24, 2.45) is 0 Å². The van der Waals surface area contributed by atoms with Crippen LogP contribution in [0.25, 0.3) is 0 Å². The Morgan fingerprint density at radius 2 is 1.33 bits per heavy atom. The first-order valence-electron chi connectivity index (χ1n) is 8.53. The highest BCUT2D eigenvalue weighted by atomic mass is 32.2. The molecule has 0 bridgehead atoms. The number of thioether (sulfide) groups is 2. The summed E-state index contributed by atoms with van der Waals surface area (Å²) < 4.78 is 0.570.